The lowest BCUT2D eigenvalue weighted by atomic mass is 9.76. The van der Waals surface area contributed by atoms with Crippen molar-refractivity contribution >= 4 is 11.6 Å². The van der Waals surface area contributed by atoms with Crippen LogP contribution in [0, 0.1) is 29.1 Å². The minimum atomic E-state index is -0.271. The average Bonchev–Trinajstić information content (AvgIpc) is 2.58. The third-order valence-electron chi connectivity index (χ3n) is 4.44. The van der Waals surface area contributed by atoms with E-state index in [0.29, 0.717) is 29.1 Å². The first-order valence-electron chi connectivity index (χ1n) is 8.48. The maximum atomic E-state index is 11.9. The molecule has 0 aliphatic heterocycles. The van der Waals surface area contributed by atoms with Crippen molar-refractivity contribution in [3.05, 3.63) is 29.8 Å². The highest BCUT2D eigenvalue weighted by molar-refractivity contribution is 5.89. The Bertz CT molecular complexity index is 629. The normalized spacial score (nSPS) is 22.2. The van der Waals surface area contributed by atoms with E-state index in [-0.39, 0.29) is 12.5 Å². The van der Waals surface area contributed by atoms with Crippen LogP contribution in [0.4, 0.5) is 0 Å². The van der Waals surface area contributed by atoms with Crippen LogP contribution in [-0.2, 0) is 4.79 Å². The van der Waals surface area contributed by atoms with E-state index in [9.17, 15) is 4.79 Å². The van der Waals surface area contributed by atoms with Crippen LogP contribution in [0.2, 0.25) is 0 Å². The van der Waals surface area contributed by atoms with E-state index in [1.807, 2.05) is 6.07 Å². The van der Waals surface area contributed by atoms with E-state index >= 15 is 0 Å². The monoisotopic (exact) mass is 327 g/mol. The number of rotatable bonds is 5. The summed E-state index contributed by atoms with van der Waals surface area (Å²) in [6, 6.07) is 8.71. The zero-order chi connectivity index (χ0) is 17.5. The van der Waals surface area contributed by atoms with Gasteiger partial charge in [-0.2, -0.15) is 10.4 Å². The summed E-state index contributed by atoms with van der Waals surface area (Å²) >= 11 is 0. The molecular formula is C19H25N3O2. The van der Waals surface area contributed by atoms with Crippen molar-refractivity contribution in [3.63, 3.8) is 0 Å². The number of hydrazone groups is 1. The van der Waals surface area contributed by atoms with Gasteiger partial charge in [-0.15, -0.1) is 0 Å². The maximum absolute atomic E-state index is 11.9. The molecule has 1 N–H and O–H groups in total. The van der Waals surface area contributed by atoms with Crippen molar-refractivity contribution in [1.29, 1.82) is 5.26 Å². The van der Waals surface area contributed by atoms with Crippen molar-refractivity contribution in [2.45, 2.75) is 40.0 Å². The first kappa shape index (κ1) is 18.0. The van der Waals surface area contributed by atoms with Crippen molar-refractivity contribution < 1.29 is 9.53 Å². The third kappa shape index (κ3) is 5.09. The lowest BCUT2D eigenvalue weighted by Gasteiger charge is -2.30. The highest BCUT2D eigenvalue weighted by atomic mass is 16.5. The van der Waals surface area contributed by atoms with Crippen LogP contribution in [0.3, 0.4) is 0 Å². The summed E-state index contributed by atoms with van der Waals surface area (Å²) in [4.78, 5) is 11.9. The Balaban J connectivity index is 1.87. The summed E-state index contributed by atoms with van der Waals surface area (Å²) < 4.78 is 5.41. The second-order valence-corrected chi connectivity index (χ2v) is 6.80. The Hall–Kier alpha value is -2.35. The molecule has 1 aromatic rings. The highest BCUT2D eigenvalue weighted by Gasteiger charge is 2.27. The molecule has 1 aliphatic rings. The predicted molar refractivity (Wildman–Crippen MR) is 93.6 cm³/mol. The van der Waals surface area contributed by atoms with Crippen molar-refractivity contribution in [2.24, 2.45) is 22.9 Å². The topological polar surface area (TPSA) is 74.5 Å². The fourth-order valence-electron chi connectivity index (χ4n) is 3.03. The molecule has 1 fully saturated rings. The molecule has 5 heteroatoms. The average molecular weight is 327 g/mol. The van der Waals surface area contributed by atoms with Crippen LogP contribution in [0.1, 0.15) is 45.6 Å². The van der Waals surface area contributed by atoms with Gasteiger partial charge in [0.15, 0.2) is 6.61 Å². The Kier molecular flexibility index (Phi) is 6.36. The molecule has 0 spiro atoms. The molecule has 0 heterocycles. The van der Waals surface area contributed by atoms with Crippen LogP contribution in [0.15, 0.2) is 29.4 Å². The Morgan fingerprint density at radius 2 is 2.08 bits per heavy atom. The Labute approximate surface area is 143 Å². The number of amides is 1. The lowest BCUT2D eigenvalue weighted by molar-refractivity contribution is -0.123. The van der Waals surface area contributed by atoms with Gasteiger partial charge in [0.2, 0.25) is 0 Å². The van der Waals surface area contributed by atoms with Gasteiger partial charge < -0.3 is 4.74 Å². The zero-order valence-electron chi connectivity index (χ0n) is 14.6. The number of nitrogens with zero attached hydrogens (tertiary/aromatic N) is 2. The van der Waals surface area contributed by atoms with E-state index < -0.39 is 0 Å². The van der Waals surface area contributed by atoms with E-state index in [2.05, 4.69) is 31.3 Å². The second-order valence-electron chi connectivity index (χ2n) is 6.80. The number of nitrogens with one attached hydrogen (secondary N) is 1. The molecule has 0 saturated heterocycles. The largest absolute Gasteiger partial charge is 0.484 e. The molecule has 1 aromatic carbocycles. The molecule has 24 heavy (non-hydrogen) atoms. The van der Waals surface area contributed by atoms with Crippen LogP contribution >= 0.6 is 0 Å². The zero-order valence-corrected chi connectivity index (χ0v) is 14.6. The molecule has 0 aromatic heterocycles. The number of carbonyl (C=O) groups is 1. The van der Waals surface area contributed by atoms with Crippen molar-refractivity contribution in [1.82, 2.24) is 5.43 Å². The predicted octanol–water partition coefficient (Wildman–Crippen LogP) is 3.50. The highest BCUT2D eigenvalue weighted by Crippen LogP contribution is 2.31. The number of hydrogen-bond donors (Lipinski definition) is 1. The number of ether oxygens (including phenoxy) is 1. The lowest BCUT2D eigenvalue weighted by Crippen LogP contribution is -2.32. The van der Waals surface area contributed by atoms with Crippen LogP contribution in [-0.4, -0.2) is 18.2 Å². The first-order valence-corrected chi connectivity index (χ1v) is 8.48. The quantitative estimate of drug-likeness (QED) is 0.841. The van der Waals surface area contributed by atoms with Gasteiger partial charge in [0.25, 0.3) is 5.91 Å². The number of nitriles is 1. The smallest absolute Gasteiger partial charge is 0.277 e. The summed E-state index contributed by atoms with van der Waals surface area (Å²) in [6.07, 6.45) is 3.30. The molecule has 0 radical (unpaired) electrons. The van der Waals surface area contributed by atoms with Crippen molar-refractivity contribution in [3.8, 4) is 11.8 Å². The first-order chi connectivity index (χ1) is 11.5. The van der Waals surface area contributed by atoms with Crippen LogP contribution in [0.5, 0.6) is 5.75 Å². The van der Waals surface area contributed by atoms with E-state index in [4.69, 9.17) is 10.00 Å². The molecule has 0 unspecified atom stereocenters. The molecule has 1 amide bonds. The van der Waals surface area contributed by atoms with E-state index in [0.717, 1.165) is 18.6 Å². The van der Waals surface area contributed by atoms with Crippen molar-refractivity contribution in [2.75, 3.05) is 6.61 Å². The minimum Gasteiger partial charge on any atom is -0.484 e. The molecule has 2 rings (SSSR count). The summed E-state index contributed by atoms with van der Waals surface area (Å²) in [5.41, 5.74) is 4.27. The molecule has 128 valence electrons. The molecule has 1 saturated carbocycles. The van der Waals surface area contributed by atoms with Gasteiger partial charge in [-0.3, -0.25) is 4.79 Å². The summed E-state index contributed by atoms with van der Waals surface area (Å²) in [7, 11) is 0. The number of hydrogen-bond acceptors (Lipinski definition) is 4. The molecule has 5 nitrogen and oxygen atoms in total. The van der Waals surface area contributed by atoms with Gasteiger partial charge in [0.05, 0.1) is 11.6 Å². The van der Waals surface area contributed by atoms with Gasteiger partial charge in [0.1, 0.15) is 5.75 Å². The molecule has 0 bridgehead atoms. The van der Waals surface area contributed by atoms with Gasteiger partial charge in [-0.05, 0) is 55.4 Å². The second kappa shape index (κ2) is 8.49. The summed E-state index contributed by atoms with van der Waals surface area (Å²) in [5, 5.41) is 13.1. The van der Waals surface area contributed by atoms with Gasteiger partial charge in [0, 0.05) is 11.6 Å². The van der Waals surface area contributed by atoms with E-state index in [1.165, 1.54) is 6.42 Å². The van der Waals surface area contributed by atoms with Crippen LogP contribution < -0.4 is 10.2 Å². The fourth-order valence-corrected chi connectivity index (χ4v) is 3.03. The minimum absolute atomic E-state index is 0.0927. The maximum Gasteiger partial charge on any atom is 0.277 e. The van der Waals surface area contributed by atoms with Gasteiger partial charge >= 0.3 is 0 Å². The Morgan fingerprint density at radius 3 is 2.71 bits per heavy atom. The Morgan fingerprint density at radius 1 is 1.38 bits per heavy atom. The summed E-state index contributed by atoms with van der Waals surface area (Å²) in [6.45, 7) is 6.53. The van der Waals surface area contributed by atoms with Gasteiger partial charge in [-0.25, -0.2) is 5.43 Å². The fraction of sp³-hybridized carbons (Fsp3) is 0.526. The number of carbonyl (C=O) groups excluding carboxylic acids is 1. The molecule has 1 aliphatic carbocycles. The number of benzene rings is 1. The summed E-state index contributed by atoms with van der Waals surface area (Å²) in [5.74, 6) is 1.88. The standard InChI is InChI=1S/C19H25N3O2/c1-13(2)17-9-4-14(3)10-18(17)21-22-19(23)12-24-16-7-5-15(11-20)6-8-16/h5-8,13-14,17H,4,9-10,12H2,1-3H3,(H,22,23)/b21-18-/t14-,17-/m1/s1. The van der Waals surface area contributed by atoms with Gasteiger partial charge in [-0.1, -0.05) is 20.8 Å². The molecule has 2 atom stereocenters. The van der Waals surface area contributed by atoms with Crippen LogP contribution in [0.25, 0.3) is 0 Å². The third-order valence-corrected chi connectivity index (χ3v) is 4.44. The molecular weight excluding hydrogens is 302 g/mol. The SMILES string of the molecule is CC(C)[C@H]1CC[C@@H](C)C/C1=N/NC(=O)COc1ccc(C#N)cc1. The van der Waals surface area contributed by atoms with E-state index in [1.54, 1.807) is 24.3 Å².